The number of rotatable bonds is 5. The van der Waals surface area contributed by atoms with E-state index in [0.717, 1.165) is 11.8 Å². The van der Waals surface area contributed by atoms with Crippen LogP contribution in [-0.4, -0.2) is 38.7 Å². The van der Waals surface area contributed by atoms with E-state index in [4.69, 9.17) is 0 Å². The van der Waals surface area contributed by atoms with E-state index >= 15 is 0 Å². The Hall–Kier alpha value is -3.33. The van der Waals surface area contributed by atoms with Crippen LogP contribution >= 0.6 is 11.8 Å². The molecule has 0 bridgehead atoms. The maximum atomic E-state index is 12.6. The summed E-state index contributed by atoms with van der Waals surface area (Å²) in [4.78, 5) is 24.7. The third kappa shape index (κ3) is 4.26. The minimum absolute atomic E-state index is 0.0281. The van der Waals surface area contributed by atoms with Gasteiger partial charge in [-0.2, -0.15) is 5.10 Å². The van der Waals surface area contributed by atoms with Crippen molar-refractivity contribution in [1.82, 2.24) is 0 Å². The largest absolute Gasteiger partial charge is 0.550 e. The predicted octanol–water partition coefficient (Wildman–Crippen LogP) is 1.08. The van der Waals surface area contributed by atoms with Crippen molar-refractivity contribution in [2.45, 2.75) is 11.7 Å². The monoisotopic (exact) mass is 384 g/mol. The number of phenolic OH excluding ortho intramolecular Hbond substituents is 2. The van der Waals surface area contributed by atoms with Crippen molar-refractivity contribution in [2.75, 3.05) is 4.90 Å². The van der Waals surface area contributed by atoms with Gasteiger partial charge < -0.3 is 20.1 Å². The van der Waals surface area contributed by atoms with Gasteiger partial charge in [-0.15, -0.1) is 5.10 Å². The molecule has 0 saturated carbocycles. The molecular formula is C18H14N3O5S-. The molecule has 2 aromatic rings. The summed E-state index contributed by atoms with van der Waals surface area (Å²) in [6.07, 6.45) is 0.870. The summed E-state index contributed by atoms with van der Waals surface area (Å²) in [5.74, 6) is -1.75. The lowest BCUT2D eigenvalue weighted by atomic mass is 10.2. The summed E-state index contributed by atoms with van der Waals surface area (Å²) in [6.45, 7) is 0. The number of amides is 1. The average molecular weight is 384 g/mol. The number of benzene rings is 2. The lowest BCUT2D eigenvalue weighted by Crippen LogP contribution is -2.35. The normalized spacial score (nSPS) is 18.5. The molecule has 1 fully saturated rings. The summed E-state index contributed by atoms with van der Waals surface area (Å²) in [6, 6.07) is 12.4. The van der Waals surface area contributed by atoms with E-state index in [0.29, 0.717) is 11.3 Å². The quantitative estimate of drug-likeness (QED) is 0.587. The first-order valence-electron chi connectivity index (χ1n) is 7.84. The van der Waals surface area contributed by atoms with Gasteiger partial charge >= 0.3 is 0 Å². The zero-order valence-corrected chi connectivity index (χ0v) is 14.7. The summed E-state index contributed by atoms with van der Waals surface area (Å²) in [5.41, 5.74) is 0.862. The molecule has 0 aliphatic carbocycles. The molecule has 0 spiro atoms. The van der Waals surface area contributed by atoms with Crippen LogP contribution in [0.2, 0.25) is 0 Å². The maximum absolute atomic E-state index is 12.6. The van der Waals surface area contributed by atoms with Crippen molar-refractivity contribution < 1.29 is 24.9 Å². The van der Waals surface area contributed by atoms with Crippen LogP contribution < -0.4 is 10.0 Å². The van der Waals surface area contributed by atoms with Gasteiger partial charge in [0.2, 0.25) is 5.91 Å². The number of thioether (sulfide) groups is 1. The Labute approximate surface area is 158 Å². The molecule has 1 saturated heterocycles. The first-order chi connectivity index (χ1) is 13.0. The Morgan fingerprint density at radius 3 is 2.56 bits per heavy atom. The highest BCUT2D eigenvalue weighted by molar-refractivity contribution is 8.16. The maximum Gasteiger partial charge on any atom is 0.247 e. The molecule has 1 aliphatic rings. The van der Waals surface area contributed by atoms with Crippen LogP contribution in [0, 0.1) is 0 Å². The predicted molar refractivity (Wildman–Crippen MR) is 99.7 cm³/mol. The average Bonchev–Trinajstić information content (AvgIpc) is 2.92. The standard InChI is InChI=1S/C18H15N3O5S/c22-13-7-5-12(6-8-13)21-17(26)15(9-16(24)25)27-18(21)20-19-10-11-3-1-2-4-14(11)23/h1-8,10,15,22-23H,9H2,(H,24,25)/p-1/b19-10+,20-18-. The van der Waals surface area contributed by atoms with Crippen LogP contribution in [0.3, 0.4) is 0 Å². The minimum atomic E-state index is -1.34. The highest BCUT2D eigenvalue weighted by Gasteiger charge is 2.39. The second kappa shape index (κ2) is 7.92. The number of carboxylic acid groups (broad SMARTS) is 1. The van der Waals surface area contributed by atoms with Gasteiger partial charge in [0.15, 0.2) is 5.17 Å². The topological polar surface area (TPSA) is 126 Å². The summed E-state index contributed by atoms with van der Waals surface area (Å²) in [7, 11) is 0. The van der Waals surface area contributed by atoms with Crippen LogP contribution in [0.1, 0.15) is 12.0 Å². The molecule has 138 valence electrons. The van der Waals surface area contributed by atoms with Crippen LogP contribution in [0.5, 0.6) is 11.5 Å². The molecular weight excluding hydrogens is 370 g/mol. The second-order valence-electron chi connectivity index (χ2n) is 5.56. The van der Waals surface area contributed by atoms with E-state index < -0.39 is 23.5 Å². The molecule has 1 aliphatic heterocycles. The molecule has 1 amide bonds. The van der Waals surface area contributed by atoms with Gasteiger partial charge in [-0.1, -0.05) is 23.9 Å². The van der Waals surface area contributed by atoms with Crippen LogP contribution in [-0.2, 0) is 9.59 Å². The number of hydrogen-bond acceptors (Lipinski definition) is 8. The second-order valence-corrected chi connectivity index (χ2v) is 6.73. The van der Waals surface area contributed by atoms with Crippen molar-refractivity contribution in [1.29, 1.82) is 0 Å². The lowest BCUT2D eigenvalue weighted by Gasteiger charge is -2.16. The van der Waals surface area contributed by atoms with E-state index in [1.54, 1.807) is 18.2 Å². The molecule has 8 nitrogen and oxygen atoms in total. The zero-order valence-electron chi connectivity index (χ0n) is 13.8. The molecule has 2 N–H and O–H groups in total. The molecule has 27 heavy (non-hydrogen) atoms. The van der Waals surface area contributed by atoms with Crippen molar-refractivity contribution in [2.24, 2.45) is 10.2 Å². The number of carboxylic acids is 1. The number of phenols is 2. The number of carbonyl (C=O) groups excluding carboxylic acids is 2. The minimum Gasteiger partial charge on any atom is -0.550 e. The number of para-hydroxylation sites is 1. The van der Waals surface area contributed by atoms with Crippen molar-refractivity contribution in [3.05, 3.63) is 54.1 Å². The molecule has 1 heterocycles. The van der Waals surface area contributed by atoms with Crippen molar-refractivity contribution >= 4 is 40.7 Å². The number of carbonyl (C=O) groups is 2. The highest BCUT2D eigenvalue weighted by atomic mass is 32.2. The molecule has 0 radical (unpaired) electrons. The number of anilines is 1. The molecule has 2 aromatic carbocycles. The van der Waals surface area contributed by atoms with Gasteiger partial charge in [0.25, 0.3) is 0 Å². The smallest absolute Gasteiger partial charge is 0.247 e. The lowest BCUT2D eigenvalue weighted by molar-refractivity contribution is -0.305. The van der Waals surface area contributed by atoms with Crippen molar-refractivity contribution in [3.63, 3.8) is 0 Å². The Morgan fingerprint density at radius 2 is 1.89 bits per heavy atom. The summed E-state index contributed by atoms with van der Waals surface area (Å²) >= 11 is 0.960. The van der Waals surface area contributed by atoms with E-state index in [1.807, 2.05) is 0 Å². The number of nitrogens with zero attached hydrogens (tertiary/aromatic N) is 3. The van der Waals surface area contributed by atoms with Crippen LogP contribution in [0.15, 0.2) is 58.7 Å². The van der Waals surface area contributed by atoms with E-state index in [9.17, 15) is 24.9 Å². The zero-order chi connectivity index (χ0) is 19.4. The van der Waals surface area contributed by atoms with E-state index in [2.05, 4.69) is 10.2 Å². The van der Waals surface area contributed by atoms with Gasteiger partial charge in [0.05, 0.1) is 17.2 Å². The fourth-order valence-corrected chi connectivity index (χ4v) is 3.47. The number of amidine groups is 1. The molecule has 1 atom stereocenters. The number of hydrogen-bond donors (Lipinski definition) is 2. The Bertz CT molecular complexity index is 927. The highest BCUT2D eigenvalue weighted by Crippen LogP contribution is 2.34. The fraction of sp³-hybridized carbons (Fsp3) is 0.111. The van der Waals surface area contributed by atoms with Crippen LogP contribution in [0.25, 0.3) is 0 Å². The Kier molecular flexibility index (Phi) is 5.41. The Morgan fingerprint density at radius 1 is 1.19 bits per heavy atom. The van der Waals surface area contributed by atoms with Gasteiger partial charge in [-0.05, 0) is 36.4 Å². The van der Waals surface area contributed by atoms with Crippen molar-refractivity contribution in [3.8, 4) is 11.5 Å². The first-order valence-corrected chi connectivity index (χ1v) is 8.72. The SMILES string of the molecule is O=C([O-])CC1S/C(=N\N=C\c2ccccc2O)N(c2ccc(O)cc2)C1=O. The number of aromatic hydroxyl groups is 2. The molecule has 3 rings (SSSR count). The first kappa shape index (κ1) is 18.5. The third-order valence-corrected chi connectivity index (χ3v) is 4.80. The van der Waals surface area contributed by atoms with E-state index in [-0.39, 0.29) is 16.7 Å². The van der Waals surface area contributed by atoms with Gasteiger partial charge in [0.1, 0.15) is 11.5 Å². The molecule has 0 aromatic heterocycles. The molecule has 9 heteroatoms. The molecule has 1 unspecified atom stereocenters. The summed E-state index contributed by atoms with van der Waals surface area (Å²) < 4.78 is 0. The van der Waals surface area contributed by atoms with Gasteiger partial charge in [-0.3, -0.25) is 9.69 Å². The van der Waals surface area contributed by atoms with Crippen LogP contribution in [0.4, 0.5) is 5.69 Å². The summed E-state index contributed by atoms with van der Waals surface area (Å²) in [5, 5.41) is 37.3. The fourth-order valence-electron chi connectivity index (χ4n) is 2.39. The Balaban J connectivity index is 1.91. The van der Waals surface area contributed by atoms with Gasteiger partial charge in [-0.25, -0.2) is 0 Å². The number of aliphatic carboxylic acids is 1. The third-order valence-electron chi connectivity index (χ3n) is 3.67. The van der Waals surface area contributed by atoms with Gasteiger partial charge in [0, 0.05) is 18.0 Å². The van der Waals surface area contributed by atoms with E-state index in [1.165, 1.54) is 41.4 Å².